The Bertz CT molecular complexity index is 608. The zero-order chi connectivity index (χ0) is 19.4. The summed E-state index contributed by atoms with van der Waals surface area (Å²) < 4.78 is 75.8. The summed E-state index contributed by atoms with van der Waals surface area (Å²) in [6.07, 6.45) is -7.80. The lowest BCUT2D eigenvalue weighted by molar-refractivity contribution is -0.182. The maximum atomic E-state index is 12.7. The van der Waals surface area contributed by atoms with E-state index in [1.54, 1.807) is 0 Å². The first kappa shape index (κ1) is 24.2. The Balaban J connectivity index is 0.00000364. The van der Waals surface area contributed by atoms with Crippen molar-refractivity contribution in [2.45, 2.75) is 57.5 Å². The van der Waals surface area contributed by atoms with E-state index in [9.17, 15) is 26.3 Å². The van der Waals surface area contributed by atoms with Crippen molar-refractivity contribution >= 4 is 41.3 Å². The van der Waals surface area contributed by atoms with Gasteiger partial charge in [-0.3, -0.25) is 0 Å². The molecule has 0 amide bonds. The number of aromatic nitrogens is 1. The number of nitrogens with zero attached hydrogens (tertiary/aromatic N) is 2. The van der Waals surface area contributed by atoms with Gasteiger partial charge < -0.3 is 10.6 Å². The van der Waals surface area contributed by atoms with Gasteiger partial charge in [-0.1, -0.05) is 0 Å². The Morgan fingerprint density at radius 1 is 1.19 bits per heavy atom. The molecule has 0 bridgehead atoms. The number of nitrogens with one attached hydrogen (secondary N) is 2. The van der Waals surface area contributed by atoms with Gasteiger partial charge in [0.1, 0.15) is 5.01 Å². The number of aliphatic imine (C=N–C) groups is 1. The molecule has 27 heavy (non-hydrogen) atoms. The molecule has 0 atom stereocenters. The third-order valence-corrected chi connectivity index (χ3v) is 4.92. The van der Waals surface area contributed by atoms with Crippen molar-refractivity contribution in [3.8, 4) is 0 Å². The highest BCUT2D eigenvalue weighted by Gasteiger charge is 2.41. The normalized spacial score (nSPS) is 21.5. The summed E-state index contributed by atoms with van der Waals surface area (Å²) in [5, 5.41) is 7.16. The highest BCUT2D eigenvalue weighted by molar-refractivity contribution is 14.0. The lowest BCUT2D eigenvalue weighted by Crippen LogP contribution is -2.45. The van der Waals surface area contributed by atoms with Gasteiger partial charge in [0.2, 0.25) is 0 Å². The third kappa shape index (κ3) is 7.62. The number of halogens is 7. The van der Waals surface area contributed by atoms with Crippen molar-refractivity contribution < 1.29 is 26.3 Å². The molecule has 1 heterocycles. The van der Waals surface area contributed by atoms with Crippen LogP contribution in [0.1, 0.15) is 43.3 Å². The predicted molar refractivity (Wildman–Crippen MR) is 102 cm³/mol. The quantitative estimate of drug-likeness (QED) is 0.251. The molecule has 0 radical (unpaired) electrons. The molecule has 1 aliphatic rings. The van der Waals surface area contributed by atoms with E-state index in [4.69, 9.17) is 0 Å². The van der Waals surface area contributed by atoms with Crippen molar-refractivity contribution in [1.29, 1.82) is 0 Å². The van der Waals surface area contributed by atoms with Gasteiger partial charge in [-0.25, -0.2) is 9.98 Å². The van der Waals surface area contributed by atoms with Gasteiger partial charge in [0.15, 0.2) is 11.7 Å². The molecule has 0 saturated heterocycles. The number of rotatable bonds is 4. The van der Waals surface area contributed by atoms with E-state index in [2.05, 4.69) is 20.6 Å². The molecule has 12 heteroatoms. The fourth-order valence-corrected chi connectivity index (χ4v) is 3.46. The van der Waals surface area contributed by atoms with E-state index >= 15 is 0 Å². The molecular formula is C15H21F6IN4S. The van der Waals surface area contributed by atoms with Crippen LogP contribution in [-0.4, -0.2) is 29.7 Å². The van der Waals surface area contributed by atoms with Gasteiger partial charge in [-0.2, -0.15) is 26.3 Å². The van der Waals surface area contributed by atoms with Gasteiger partial charge in [-0.15, -0.1) is 35.3 Å². The molecule has 0 aliphatic heterocycles. The van der Waals surface area contributed by atoms with Crippen LogP contribution in [0.15, 0.2) is 10.4 Å². The van der Waals surface area contributed by atoms with E-state index in [1.165, 1.54) is 0 Å². The van der Waals surface area contributed by atoms with Crippen LogP contribution in [0.2, 0.25) is 0 Å². The SMILES string of the molecule is CCNC(=NCc1nc(C(F)(F)F)cs1)NC1CCC(C(F)(F)F)CC1.I. The number of hydrogen-bond acceptors (Lipinski definition) is 3. The molecular weight excluding hydrogens is 509 g/mol. The highest BCUT2D eigenvalue weighted by Crippen LogP contribution is 2.37. The maximum absolute atomic E-state index is 12.7. The standard InChI is InChI=1S/C15H20F6N4S.HI/c1-2-22-13(23-7-12-25-11(8-26-12)15(19,20)21)24-10-5-3-9(4-6-10)14(16,17)18;/h8-10H,2-7H2,1H3,(H2,22,23,24);1H. The third-order valence-electron chi connectivity index (χ3n) is 4.09. The molecule has 1 aliphatic carbocycles. The summed E-state index contributed by atoms with van der Waals surface area (Å²) in [4.78, 5) is 7.70. The van der Waals surface area contributed by atoms with E-state index in [0.717, 1.165) is 16.7 Å². The van der Waals surface area contributed by atoms with Crippen LogP contribution in [0, 0.1) is 5.92 Å². The second-order valence-electron chi connectivity index (χ2n) is 6.05. The van der Waals surface area contributed by atoms with Gasteiger partial charge in [0.05, 0.1) is 12.5 Å². The first-order valence-corrected chi connectivity index (χ1v) is 9.10. The van der Waals surface area contributed by atoms with E-state index < -0.39 is 24.0 Å². The minimum absolute atomic E-state index is 0. The summed E-state index contributed by atoms with van der Waals surface area (Å²) in [5.74, 6) is -0.900. The Labute approximate surface area is 174 Å². The maximum Gasteiger partial charge on any atom is 0.434 e. The Kier molecular flexibility index (Phi) is 9.09. The molecule has 1 aromatic rings. The fraction of sp³-hybridized carbons (Fsp3) is 0.733. The summed E-state index contributed by atoms with van der Waals surface area (Å²) in [7, 11) is 0. The van der Waals surface area contributed by atoms with Crippen molar-refractivity contribution in [1.82, 2.24) is 15.6 Å². The largest absolute Gasteiger partial charge is 0.434 e. The Morgan fingerprint density at radius 3 is 2.30 bits per heavy atom. The molecule has 0 unspecified atom stereocenters. The van der Waals surface area contributed by atoms with Crippen LogP contribution in [0.5, 0.6) is 0 Å². The number of thiazole rings is 1. The molecule has 1 saturated carbocycles. The monoisotopic (exact) mass is 530 g/mol. The lowest BCUT2D eigenvalue weighted by atomic mass is 9.85. The van der Waals surface area contributed by atoms with E-state index in [-0.39, 0.29) is 54.4 Å². The Morgan fingerprint density at radius 2 is 1.81 bits per heavy atom. The van der Waals surface area contributed by atoms with Crippen LogP contribution in [0.25, 0.3) is 0 Å². The van der Waals surface area contributed by atoms with Crippen LogP contribution in [0.3, 0.4) is 0 Å². The van der Waals surface area contributed by atoms with Crippen LogP contribution in [-0.2, 0) is 12.7 Å². The summed E-state index contributed by atoms with van der Waals surface area (Å²) in [6.45, 7) is 2.31. The van der Waals surface area contributed by atoms with Crippen LogP contribution < -0.4 is 10.6 Å². The molecule has 0 spiro atoms. The fourth-order valence-electron chi connectivity index (χ4n) is 2.74. The molecule has 2 N–H and O–H groups in total. The van der Waals surface area contributed by atoms with Crippen molar-refractivity contribution in [3.05, 3.63) is 16.1 Å². The van der Waals surface area contributed by atoms with Gasteiger partial charge >= 0.3 is 12.4 Å². The van der Waals surface area contributed by atoms with Gasteiger partial charge in [0, 0.05) is 18.0 Å². The minimum atomic E-state index is -4.49. The molecule has 1 fully saturated rings. The molecule has 0 aromatic carbocycles. The van der Waals surface area contributed by atoms with Crippen LogP contribution in [0.4, 0.5) is 26.3 Å². The topological polar surface area (TPSA) is 49.3 Å². The zero-order valence-corrected chi connectivity index (χ0v) is 17.6. The molecule has 156 valence electrons. The van der Waals surface area contributed by atoms with Crippen molar-refractivity contribution in [2.24, 2.45) is 10.9 Å². The minimum Gasteiger partial charge on any atom is -0.357 e. The first-order valence-electron chi connectivity index (χ1n) is 8.22. The van der Waals surface area contributed by atoms with Crippen molar-refractivity contribution in [3.63, 3.8) is 0 Å². The lowest BCUT2D eigenvalue weighted by Gasteiger charge is -2.31. The van der Waals surface area contributed by atoms with Gasteiger partial charge in [-0.05, 0) is 32.6 Å². The van der Waals surface area contributed by atoms with E-state index in [1.807, 2.05) is 6.92 Å². The second-order valence-corrected chi connectivity index (χ2v) is 7.00. The first-order chi connectivity index (χ1) is 12.1. The number of guanidine groups is 1. The average molecular weight is 530 g/mol. The van der Waals surface area contributed by atoms with Gasteiger partial charge in [0.25, 0.3) is 0 Å². The molecule has 4 nitrogen and oxygen atoms in total. The molecule has 2 rings (SSSR count). The smallest absolute Gasteiger partial charge is 0.357 e. The average Bonchev–Trinajstić information content (AvgIpc) is 3.02. The zero-order valence-electron chi connectivity index (χ0n) is 14.5. The second kappa shape index (κ2) is 10.1. The summed E-state index contributed by atoms with van der Waals surface area (Å²) >= 11 is 0.867. The summed E-state index contributed by atoms with van der Waals surface area (Å²) in [6, 6.07) is -0.145. The molecule has 1 aromatic heterocycles. The van der Waals surface area contributed by atoms with E-state index in [0.29, 0.717) is 25.3 Å². The highest BCUT2D eigenvalue weighted by atomic mass is 127. The number of alkyl halides is 6. The predicted octanol–water partition coefficient (Wildman–Crippen LogP) is 4.96. The summed E-state index contributed by atoms with van der Waals surface area (Å²) in [5.41, 5.74) is -0.948. The van der Waals surface area contributed by atoms with Crippen LogP contribution >= 0.6 is 35.3 Å². The van der Waals surface area contributed by atoms with Crippen molar-refractivity contribution in [2.75, 3.05) is 6.54 Å². The Hall–Kier alpha value is -0.790. The number of hydrogen-bond donors (Lipinski definition) is 2.